The number of sulfone groups is 1. The van der Waals surface area contributed by atoms with E-state index in [1.165, 1.54) is 0 Å². The van der Waals surface area contributed by atoms with Crippen molar-refractivity contribution >= 4 is 9.84 Å². The summed E-state index contributed by atoms with van der Waals surface area (Å²) in [4.78, 5) is 0.350. The molecule has 0 aromatic heterocycles. The number of ether oxygens (including phenoxy) is 2. The number of hydrogen-bond donors (Lipinski definition) is 1. The molecule has 2 aliphatic heterocycles. The first-order chi connectivity index (χ1) is 9.37. The molecule has 0 radical (unpaired) electrons. The van der Waals surface area contributed by atoms with Gasteiger partial charge in [-0.2, -0.15) is 0 Å². The maximum absolute atomic E-state index is 12.4. The van der Waals surface area contributed by atoms with Crippen molar-refractivity contribution in [3.63, 3.8) is 0 Å². The molecule has 110 valence electrons. The molecule has 0 aliphatic carbocycles. The van der Waals surface area contributed by atoms with Crippen molar-refractivity contribution in [3.8, 4) is 0 Å². The van der Waals surface area contributed by atoms with Crippen molar-refractivity contribution in [2.75, 3.05) is 12.3 Å². The van der Waals surface area contributed by atoms with E-state index in [0.717, 1.165) is 0 Å². The minimum absolute atomic E-state index is 0.0254. The summed E-state index contributed by atoms with van der Waals surface area (Å²) in [6, 6.07) is 8.29. The summed E-state index contributed by atoms with van der Waals surface area (Å²) in [6.45, 7) is 4.34. The van der Waals surface area contributed by atoms with E-state index in [9.17, 15) is 8.42 Å². The van der Waals surface area contributed by atoms with Gasteiger partial charge in [0.05, 0.1) is 16.7 Å². The number of hydrogen-bond acceptors (Lipinski definition) is 5. The van der Waals surface area contributed by atoms with E-state index in [-0.39, 0.29) is 24.0 Å². The van der Waals surface area contributed by atoms with Gasteiger partial charge in [-0.05, 0) is 26.0 Å². The normalized spacial score (nSPS) is 32.2. The van der Waals surface area contributed by atoms with Crippen LogP contribution in [0, 0.1) is 0 Å². The Bertz CT molecular complexity index is 584. The highest BCUT2D eigenvalue weighted by Crippen LogP contribution is 2.33. The van der Waals surface area contributed by atoms with Crippen LogP contribution >= 0.6 is 0 Å². The minimum Gasteiger partial charge on any atom is -0.343 e. The molecule has 2 aliphatic rings. The second-order valence-electron chi connectivity index (χ2n) is 5.75. The molecule has 0 spiro atoms. The first-order valence-corrected chi connectivity index (χ1v) is 8.39. The smallest absolute Gasteiger partial charge is 0.180 e. The molecule has 1 N–H and O–H groups in total. The van der Waals surface area contributed by atoms with Crippen LogP contribution in [0.15, 0.2) is 35.2 Å². The van der Waals surface area contributed by atoms with E-state index in [2.05, 4.69) is 5.32 Å². The van der Waals surface area contributed by atoms with Crippen LogP contribution in [0.1, 0.15) is 13.8 Å². The summed E-state index contributed by atoms with van der Waals surface area (Å²) in [5, 5.41) is 3.19. The van der Waals surface area contributed by atoms with Gasteiger partial charge in [-0.1, -0.05) is 18.2 Å². The molecular weight excluding hydrogens is 278 g/mol. The van der Waals surface area contributed by atoms with Crippen LogP contribution in [0.2, 0.25) is 0 Å². The lowest BCUT2D eigenvalue weighted by Gasteiger charge is -2.22. The lowest BCUT2D eigenvalue weighted by molar-refractivity contribution is -0.152. The maximum atomic E-state index is 12.4. The molecule has 0 saturated carbocycles. The molecular formula is C14H19NO4S. The zero-order valence-electron chi connectivity index (χ0n) is 11.6. The first-order valence-electron chi connectivity index (χ1n) is 6.74. The topological polar surface area (TPSA) is 64.6 Å². The van der Waals surface area contributed by atoms with E-state index < -0.39 is 15.6 Å². The highest BCUT2D eigenvalue weighted by molar-refractivity contribution is 7.91. The Kier molecular flexibility index (Phi) is 3.36. The standard InChI is InChI=1S/C14H19NO4S/c1-14(2)18-12-8-15-11(13(12)19-14)9-20(16,17)10-6-4-3-5-7-10/h3-7,11-13,15H,8-9H2,1-2H3/t11-,12-,13+/m0/s1. The van der Waals surface area contributed by atoms with Gasteiger partial charge in [0.15, 0.2) is 15.6 Å². The van der Waals surface area contributed by atoms with Gasteiger partial charge in [0.25, 0.3) is 0 Å². The van der Waals surface area contributed by atoms with Gasteiger partial charge in [-0.3, -0.25) is 0 Å². The first kappa shape index (κ1) is 14.0. The zero-order chi connectivity index (χ0) is 14.4. The highest BCUT2D eigenvalue weighted by Gasteiger charge is 2.49. The van der Waals surface area contributed by atoms with E-state index in [1.54, 1.807) is 30.3 Å². The van der Waals surface area contributed by atoms with Crippen molar-refractivity contribution in [2.24, 2.45) is 0 Å². The van der Waals surface area contributed by atoms with Gasteiger partial charge in [0.1, 0.15) is 12.2 Å². The highest BCUT2D eigenvalue weighted by atomic mass is 32.2. The quantitative estimate of drug-likeness (QED) is 0.900. The molecule has 3 atom stereocenters. The average molecular weight is 297 g/mol. The number of nitrogens with one attached hydrogen (secondary N) is 1. The third-order valence-corrected chi connectivity index (χ3v) is 5.49. The molecule has 3 rings (SSSR count). The second kappa shape index (κ2) is 4.80. The maximum Gasteiger partial charge on any atom is 0.180 e. The van der Waals surface area contributed by atoms with Crippen molar-refractivity contribution < 1.29 is 17.9 Å². The summed E-state index contributed by atoms with van der Waals surface area (Å²) in [7, 11) is -3.32. The van der Waals surface area contributed by atoms with Crippen LogP contribution in [0.4, 0.5) is 0 Å². The molecule has 1 aromatic carbocycles. The van der Waals surface area contributed by atoms with Crippen LogP contribution in [-0.2, 0) is 19.3 Å². The van der Waals surface area contributed by atoms with E-state index in [4.69, 9.17) is 9.47 Å². The fourth-order valence-electron chi connectivity index (χ4n) is 2.86. The number of fused-ring (bicyclic) bond motifs is 1. The van der Waals surface area contributed by atoms with Crippen molar-refractivity contribution in [3.05, 3.63) is 30.3 Å². The van der Waals surface area contributed by atoms with Gasteiger partial charge in [-0.25, -0.2) is 8.42 Å². The van der Waals surface area contributed by atoms with Gasteiger partial charge < -0.3 is 14.8 Å². The van der Waals surface area contributed by atoms with Gasteiger partial charge >= 0.3 is 0 Å². The molecule has 6 heteroatoms. The molecule has 1 aromatic rings. The third kappa shape index (κ3) is 2.61. The second-order valence-corrected chi connectivity index (χ2v) is 7.78. The predicted molar refractivity (Wildman–Crippen MR) is 74.1 cm³/mol. The van der Waals surface area contributed by atoms with Crippen LogP contribution in [0.25, 0.3) is 0 Å². The van der Waals surface area contributed by atoms with Crippen molar-refractivity contribution in [1.29, 1.82) is 0 Å². The van der Waals surface area contributed by atoms with Crippen LogP contribution in [0.5, 0.6) is 0 Å². The molecule has 2 fully saturated rings. The molecule has 0 unspecified atom stereocenters. The zero-order valence-corrected chi connectivity index (χ0v) is 12.4. The molecule has 2 heterocycles. The Hall–Kier alpha value is -0.950. The summed E-state index contributed by atoms with van der Waals surface area (Å²) < 4.78 is 36.4. The fraction of sp³-hybridized carbons (Fsp3) is 0.571. The van der Waals surface area contributed by atoms with Gasteiger partial charge in [0, 0.05) is 6.54 Å². The molecule has 0 amide bonds. The van der Waals surface area contributed by atoms with Crippen LogP contribution in [-0.4, -0.2) is 44.8 Å². The molecule has 20 heavy (non-hydrogen) atoms. The van der Waals surface area contributed by atoms with E-state index in [0.29, 0.717) is 11.4 Å². The van der Waals surface area contributed by atoms with Crippen LogP contribution in [0.3, 0.4) is 0 Å². The van der Waals surface area contributed by atoms with Crippen LogP contribution < -0.4 is 5.32 Å². The summed E-state index contributed by atoms with van der Waals surface area (Å²) in [5.74, 6) is -0.607. The Balaban J connectivity index is 1.76. The predicted octanol–water partition coefficient (Wildman–Crippen LogP) is 0.952. The Morgan fingerprint density at radius 3 is 2.65 bits per heavy atom. The monoisotopic (exact) mass is 297 g/mol. The summed E-state index contributed by atoms with van der Waals surface area (Å²) in [5.41, 5.74) is 0. The molecule has 5 nitrogen and oxygen atoms in total. The minimum atomic E-state index is -3.32. The van der Waals surface area contributed by atoms with Gasteiger partial charge in [-0.15, -0.1) is 0 Å². The SMILES string of the molecule is CC1(C)O[C@@H]2[C@H](CS(=O)(=O)c3ccccc3)NC[C@@H]2O1. The average Bonchev–Trinajstić information content (AvgIpc) is 2.87. The fourth-order valence-corrected chi connectivity index (χ4v) is 4.40. The third-order valence-electron chi connectivity index (χ3n) is 3.70. The van der Waals surface area contributed by atoms with Gasteiger partial charge in [0.2, 0.25) is 0 Å². The number of benzene rings is 1. The van der Waals surface area contributed by atoms with Crippen molar-refractivity contribution in [2.45, 2.75) is 42.8 Å². The number of rotatable bonds is 3. The summed E-state index contributed by atoms with van der Waals surface area (Å²) in [6.07, 6.45) is -0.274. The molecule has 2 saturated heterocycles. The van der Waals surface area contributed by atoms with Crippen molar-refractivity contribution in [1.82, 2.24) is 5.32 Å². The lowest BCUT2D eigenvalue weighted by atomic mass is 10.2. The summed E-state index contributed by atoms with van der Waals surface area (Å²) >= 11 is 0. The van der Waals surface area contributed by atoms with E-state index >= 15 is 0 Å². The Morgan fingerprint density at radius 1 is 1.25 bits per heavy atom. The Morgan fingerprint density at radius 2 is 1.95 bits per heavy atom. The Labute approximate surface area is 119 Å². The largest absolute Gasteiger partial charge is 0.343 e. The van der Waals surface area contributed by atoms with E-state index in [1.807, 2.05) is 13.8 Å². The molecule has 0 bridgehead atoms. The lowest BCUT2D eigenvalue weighted by Crippen LogP contribution is -2.40.